The van der Waals surface area contributed by atoms with Crippen LogP contribution in [0.2, 0.25) is 0 Å². The van der Waals surface area contributed by atoms with E-state index in [1.165, 1.54) is 28.6 Å². The van der Waals surface area contributed by atoms with E-state index in [1.807, 2.05) is 19.0 Å². The molecule has 1 aliphatic rings. The Morgan fingerprint density at radius 2 is 1.89 bits per heavy atom. The van der Waals surface area contributed by atoms with Crippen LogP contribution in [0, 0.1) is 5.82 Å². The first-order valence-electron chi connectivity index (χ1n) is 6.33. The van der Waals surface area contributed by atoms with Crippen LogP contribution in [0.3, 0.4) is 0 Å². The Bertz CT molecular complexity index is 528. The molecule has 2 rings (SSSR count). The van der Waals surface area contributed by atoms with Crippen LogP contribution >= 0.6 is 0 Å². The Balaban J connectivity index is 2.22. The Hall–Kier alpha value is -0.980. The zero-order valence-electron chi connectivity index (χ0n) is 11.2. The molecular weight excluding hydrogens is 267 g/mol. The molecule has 0 spiro atoms. The van der Waals surface area contributed by atoms with Crippen molar-refractivity contribution in [2.45, 2.75) is 23.8 Å². The Morgan fingerprint density at radius 3 is 2.47 bits per heavy atom. The maximum absolute atomic E-state index is 12.9. The highest BCUT2D eigenvalue weighted by molar-refractivity contribution is 7.89. The minimum atomic E-state index is -3.51. The Morgan fingerprint density at radius 1 is 1.26 bits per heavy atom. The van der Waals surface area contributed by atoms with E-state index in [9.17, 15) is 12.8 Å². The molecule has 1 unspecified atom stereocenters. The monoisotopic (exact) mass is 286 g/mol. The van der Waals surface area contributed by atoms with Crippen LogP contribution in [0.15, 0.2) is 29.2 Å². The van der Waals surface area contributed by atoms with Gasteiger partial charge in [0, 0.05) is 19.1 Å². The summed E-state index contributed by atoms with van der Waals surface area (Å²) in [6.07, 6.45) is 1.85. The molecule has 1 heterocycles. The van der Waals surface area contributed by atoms with E-state index in [0.717, 1.165) is 12.8 Å². The Labute approximate surface area is 113 Å². The van der Waals surface area contributed by atoms with Gasteiger partial charge in [-0.25, -0.2) is 12.8 Å². The predicted molar refractivity (Wildman–Crippen MR) is 71.9 cm³/mol. The van der Waals surface area contributed by atoms with Crippen molar-refractivity contribution in [2.24, 2.45) is 0 Å². The summed E-state index contributed by atoms with van der Waals surface area (Å²) in [6, 6.07) is 5.25. The highest BCUT2D eigenvalue weighted by Gasteiger charge is 2.30. The van der Waals surface area contributed by atoms with E-state index in [2.05, 4.69) is 0 Å². The van der Waals surface area contributed by atoms with Crippen LogP contribution in [-0.2, 0) is 10.0 Å². The van der Waals surface area contributed by atoms with Gasteiger partial charge < -0.3 is 4.90 Å². The second kappa shape index (κ2) is 5.56. The van der Waals surface area contributed by atoms with Gasteiger partial charge in [-0.05, 0) is 51.2 Å². The highest BCUT2D eigenvalue weighted by Crippen LogP contribution is 2.22. The molecule has 6 heteroatoms. The maximum atomic E-state index is 12.9. The SMILES string of the molecule is CN(C)C1CCCN(S(=O)(=O)c2ccc(F)cc2)C1. The molecule has 1 aliphatic heterocycles. The molecule has 0 amide bonds. The molecule has 1 atom stereocenters. The molecule has 0 saturated carbocycles. The van der Waals surface area contributed by atoms with Crippen molar-refractivity contribution in [1.82, 2.24) is 9.21 Å². The first-order valence-corrected chi connectivity index (χ1v) is 7.77. The lowest BCUT2D eigenvalue weighted by atomic mass is 10.1. The zero-order chi connectivity index (χ0) is 14.0. The molecule has 4 nitrogen and oxygen atoms in total. The standard InChI is InChI=1S/C13H19FN2O2S/c1-15(2)12-4-3-9-16(10-12)19(17,18)13-7-5-11(14)6-8-13/h5-8,12H,3-4,9-10H2,1-2H3. The van der Waals surface area contributed by atoms with Crippen LogP contribution in [0.1, 0.15) is 12.8 Å². The van der Waals surface area contributed by atoms with E-state index in [0.29, 0.717) is 13.1 Å². The first kappa shape index (κ1) is 14.4. The summed E-state index contributed by atoms with van der Waals surface area (Å²) in [5.74, 6) is -0.427. The van der Waals surface area contributed by atoms with E-state index >= 15 is 0 Å². The van der Waals surface area contributed by atoms with Gasteiger partial charge in [0.15, 0.2) is 0 Å². The molecule has 1 fully saturated rings. The number of benzene rings is 1. The van der Waals surface area contributed by atoms with Crippen molar-refractivity contribution in [3.05, 3.63) is 30.1 Å². The number of piperidine rings is 1. The number of hydrogen-bond donors (Lipinski definition) is 0. The van der Waals surface area contributed by atoms with Gasteiger partial charge >= 0.3 is 0 Å². The molecule has 0 aromatic heterocycles. The zero-order valence-corrected chi connectivity index (χ0v) is 12.0. The molecule has 1 aromatic carbocycles. The van der Waals surface area contributed by atoms with Gasteiger partial charge in [-0.3, -0.25) is 0 Å². The van der Waals surface area contributed by atoms with Gasteiger partial charge in [0.2, 0.25) is 10.0 Å². The highest BCUT2D eigenvalue weighted by atomic mass is 32.2. The lowest BCUT2D eigenvalue weighted by Gasteiger charge is -2.35. The van der Waals surface area contributed by atoms with Crippen LogP contribution in [0.5, 0.6) is 0 Å². The molecule has 1 saturated heterocycles. The van der Waals surface area contributed by atoms with Crippen molar-refractivity contribution < 1.29 is 12.8 Å². The van der Waals surface area contributed by atoms with E-state index < -0.39 is 15.8 Å². The summed E-state index contributed by atoms with van der Waals surface area (Å²) >= 11 is 0. The largest absolute Gasteiger partial charge is 0.305 e. The summed E-state index contributed by atoms with van der Waals surface area (Å²) in [5, 5.41) is 0. The first-order chi connectivity index (χ1) is 8.91. The second-order valence-corrected chi connectivity index (χ2v) is 7.01. The number of rotatable bonds is 3. The molecule has 0 radical (unpaired) electrons. The van der Waals surface area contributed by atoms with E-state index in [4.69, 9.17) is 0 Å². The average molecular weight is 286 g/mol. The van der Waals surface area contributed by atoms with Gasteiger partial charge in [-0.2, -0.15) is 4.31 Å². The van der Waals surface area contributed by atoms with Crippen molar-refractivity contribution >= 4 is 10.0 Å². The fraction of sp³-hybridized carbons (Fsp3) is 0.538. The molecule has 106 valence electrons. The number of hydrogen-bond acceptors (Lipinski definition) is 3. The van der Waals surface area contributed by atoms with E-state index in [1.54, 1.807) is 0 Å². The van der Waals surface area contributed by atoms with Crippen LogP contribution in [0.4, 0.5) is 4.39 Å². The van der Waals surface area contributed by atoms with Crippen molar-refractivity contribution in [3.8, 4) is 0 Å². The average Bonchev–Trinajstić information content (AvgIpc) is 2.39. The van der Waals surface area contributed by atoms with Crippen molar-refractivity contribution in [2.75, 3.05) is 27.2 Å². The number of likely N-dealkylation sites (N-methyl/N-ethyl adjacent to an activating group) is 1. The van der Waals surface area contributed by atoms with Gasteiger partial charge in [-0.1, -0.05) is 0 Å². The molecule has 19 heavy (non-hydrogen) atoms. The summed E-state index contributed by atoms with van der Waals surface area (Å²) < 4.78 is 39.3. The third-order valence-electron chi connectivity index (χ3n) is 3.54. The summed E-state index contributed by atoms with van der Waals surface area (Å²) in [4.78, 5) is 2.21. The van der Waals surface area contributed by atoms with Gasteiger partial charge in [0.25, 0.3) is 0 Å². The number of halogens is 1. The predicted octanol–water partition coefficient (Wildman–Crippen LogP) is 1.54. The maximum Gasteiger partial charge on any atom is 0.243 e. The quantitative estimate of drug-likeness (QED) is 0.846. The van der Waals surface area contributed by atoms with Gasteiger partial charge in [0.1, 0.15) is 5.82 Å². The Kier molecular flexibility index (Phi) is 4.23. The molecule has 0 N–H and O–H groups in total. The normalized spacial score (nSPS) is 21.8. The molecule has 1 aromatic rings. The smallest absolute Gasteiger partial charge is 0.243 e. The third kappa shape index (κ3) is 3.13. The number of sulfonamides is 1. The minimum absolute atomic E-state index is 0.160. The van der Waals surface area contributed by atoms with Crippen molar-refractivity contribution in [1.29, 1.82) is 0 Å². The van der Waals surface area contributed by atoms with Crippen LogP contribution < -0.4 is 0 Å². The molecule has 0 aliphatic carbocycles. The van der Waals surface area contributed by atoms with E-state index in [-0.39, 0.29) is 10.9 Å². The lowest BCUT2D eigenvalue weighted by Crippen LogP contribution is -2.47. The van der Waals surface area contributed by atoms with Crippen molar-refractivity contribution in [3.63, 3.8) is 0 Å². The van der Waals surface area contributed by atoms with Gasteiger partial charge in [0.05, 0.1) is 4.90 Å². The fourth-order valence-corrected chi connectivity index (χ4v) is 3.83. The number of nitrogens with zero attached hydrogens (tertiary/aromatic N) is 2. The molecular formula is C13H19FN2O2S. The topological polar surface area (TPSA) is 40.6 Å². The van der Waals surface area contributed by atoms with Crippen LogP contribution in [0.25, 0.3) is 0 Å². The lowest BCUT2D eigenvalue weighted by molar-refractivity contribution is 0.190. The van der Waals surface area contributed by atoms with Crippen LogP contribution in [-0.4, -0.2) is 50.8 Å². The summed E-state index contributed by atoms with van der Waals surface area (Å²) in [6.45, 7) is 1.02. The van der Waals surface area contributed by atoms with Gasteiger partial charge in [-0.15, -0.1) is 0 Å². The summed E-state index contributed by atoms with van der Waals surface area (Å²) in [7, 11) is 0.409. The minimum Gasteiger partial charge on any atom is -0.305 e. The fourth-order valence-electron chi connectivity index (χ4n) is 2.32. The molecule has 0 bridgehead atoms. The second-order valence-electron chi connectivity index (χ2n) is 5.08. The third-order valence-corrected chi connectivity index (χ3v) is 5.42. The summed E-state index contributed by atoms with van der Waals surface area (Å²) in [5.41, 5.74) is 0.